The van der Waals surface area contributed by atoms with E-state index in [4.69, 9.17) is 4.74 Å². The van der Waals surface area contributed by atoms with Crippen LogP contribution in [-0.4, -0.2) is 30.5 Å². The smallest absolute Gasteiger partial charge is 0.349 e. The van der Waals surface area contributed by atoms with Crippen LogP contribution >= 0.6 is 0 Å². The predicted molar refractivity (Wildman–Crippen MR) is 118 cm³/mol. The molecule has 1 saturated carbocycles. The van der Waals surface area contributed by atoms with E-state index in [9.17, 15) is 24.0 Å². The molecule has 0 bridgehead atoms. The Kier molecular flexibility index (Phi) is 4.61. The number of hydrogen-bond donors (Lipinski definition) is 1. The monoisotopic (exact) mass is 452 g/mol. The molecule has 1 aromatic heterocycles. The Bertz CT molecular complexity index is 1270. The lowest BCUT2D eigenvalue weighted by Gasteiger charge is -2.45. The highest BCUT2D eigenvalue weighted by molar-refractivity contribution is 6.09. The highest BCUT2D eigenvalue weighted by atomic mass is 19.3. The van der Waals surface area contributed by atoms with E-state index < -0.39 is 22.4 Å². The number of alkyl halides is 2. The number of hydroxylamine groups is 2. The molecule has 7 nitrogen and oxygen atoms in total. The standard InChI is InChI=1S/C24H22F2N4O3/c1-12-10-28-22(33-11-15-7-24(25,26)8-15)20-19-16-5-4-14(9-27)6-17(16)30(3,32)23(31)18(19)13(2)29-21(12)20/h4-6,10,15,19,29H,7-8,11H2,1-3H3. The van der Waals surface area contributed by atoms with E-state index in [2.05, 4.69) is 10.3 Å². The lowest BCUT2D eigenvalue weighted by Crippen LogP contribution is -2.51. The summed E-state index contributed by atoms with van der Waals surface area (Å²) in [4.78, 5) is 17.8. The van der Waals surface area contributed by atoms with E-state index in [1.54, 1.807) is 25.3 Å². The third-order valence-corrected chi connectivity index (χ3v) is 6.74. The van der Waals surface area contributed by atoms with Crippen molar-refractivity contribution in [3.63, 3.8) is 0 Å². The predicted octanol–water partition coefficient (Wildman–Crippen LogP) is 4.49. The Morgan fingerprint density at radius 1 is 1.36 bits per heavy atom. The number of quaternary nitrogens is 1. The van der Waals surface area contributed by atoms with Gasteiger partial charge in [-0.05, 0) is 25.5 Å². The van der Waals surface area contributed by atoms with Crippen molar-refractivity contribution in [1.82, 2.24) is 9.63 Å². The minimum Gasteiger partial charge on any atom is -0.620 e. The van der Waals surface area contributed by atoms with Crippen molar-refractivity contribution in [3.8, 4) is 11.9 Å². The number of benzene rings is 1. The number of anilines is 1. The van der Waals surface area contributed by atoms with Crippen LogP contribution in [0.5, 0.6) is 5.88 Å². The second-order valence-electron chi connectivity index (χ2n) is 9.19. The van der Waals surface area contributed by atoms with Crippen LogP contribution < -0.4 is 14.7 Å². The van der Waals surface area contributed by atoms with Gasteiger partial charge in [-0.3, -0.25) is 4.65 Å². The molecular formula is C24H22F2N4O3. The van der Waals surface area contributed by atoms with Gasteiger partial charge in [0.25, 0.3) is 0 Å². The number of ether oxygens (including phenoxy) is 1. The zero-order valence-electron chi connectivity index (χ0n) is 18.4. The number of carbonyl (C=O) groups is 1. The van der Waals surface area contributed by atoms with Gasteiger partial charge in [-0.1, -0.05) is 6.07 Å². The van der Waals surface area contributed by atoms with E-state index in [0.717, 1.165) is 11.3 Å². The number of nitriles is 1. The van der Waals surface area contributed by atoms with Crippen LogP contribution in [0.15, 0.2) is 35.7 Å². The number of rotatable bonds is 3. The molecule has 2 unspecified atom stereocenters. The van der Waals surface area contributed by atoms with Crippen LogP contribution in [0.25, 0.3) is 0 Å². The van der Waals surface area contributed by atoms with Crippen molar-refractivity contribution >= 4 is 17.3 Å². The zero-order valence-corrected chi connectivity index (χ0v) is 18.4. The Labute approximate surface area is 189 Å². The second-order valence-corrected chi connectivity index (χ2v) is 9.19. The third kappa shape index (κ3) is 3.21. The summed E-state index contributed by atoms with van der Waals surface area (Å²) in [5.74, 6) is -3.93. The fourth-order valence-electron chi connectivity index (χ4n) is 5.03. The Balaban J connectivity index is 1.66. The van der Waals surface area contributed by atoms with E-state index >= 15 is 0 Å². The van der Waals surface area contributed by atoms with Crippen molar-refractivity contribution in [2.75, 3.05) is 19.0 Å². The molecule has 2 aromatic rings. The molecular weight excluding hydrogens is 430 g/mol. The van der Waals surface area contributed by atoms with Gasteiger partial charge in [0, 0.05) is 42.3 Å². The van der Waals surface area contributed by atoms with Crippen molar-refractivity contribution in [2.24, 2.45) is 5.92 Å². The van der Waals surface area contributed by atoms with Crippen LogP contribution in [0.4, 0.5) is 20.2 Å². The topological polar surface area (TPSA) is 98.1 Å². The summed E-state index contributed by atoms with van der Waals surface area (Å²) < 4.78 is 31.2. The minimum absolute atomic E-state index is 0.0896. The quantitative estimate of drug-likeness (QED) is 0.544. The fraction of sp³-hybridized carbons (Fsp3) is 0.375. The number of fused-ring (bicyclic) bond motifs is 5. The number of nitrogens with zero attached hydrogens (tertiary/aromatic N) is 3. The lowest BCUT2D eigenvalue weighted by atomic mass is 9.76. The average Bonchev–Trinajstić information content (AvgIpc) is 2.75. The van der Waals surface area contributed by atoms with Crippen LogP contribution in [0.3, 0.4) is 0 Å². The number of carbonyl (C=O) groups excluding carboxylic acids is 1. The van der Waals surface area contributed by atoms with E-state index in [0.29, 0.717) is 22.4 Å². The molecule has 5 rings (SSSR count). The van der Waals surface area contributed by atoms with Gasteiger partial charge >= 0.3 is 5.91 Å². The van der Waals surface area contributed by atoms with Crippen LogP contribution in [0.1, 0.15) is 47.9 Å². The summed E-state index contributed by atoms with van der Waals surface area (Å²) in [6, 6.07) is 6.78. The molecule has 1 fully saturated rings. The fourth-order valence-corrected chi connectivity index (χ4v) is 5.03. The number of aromatic nitrogens is 1. The van der Waals surface area contributed by atoms with E-state index in [1.165, 1.54) is 13.1 Å². The number of nitrogens with one attached hydrogen (secondary N) is 1. The molecule has 0 saturated heterocycles. The SMILES string of the molecule is CC1=C2C(=O)[N+](C)([O-])c3cc(C#N)ccc3C2c2c(OCC3CC(F)(F)C3)ncc(C)c2N1. The first-order chi connectivity index (χ1) is 15.5. The van der Waals surface area contributed by atoms with Crippen molar-refractivity contribution in [3.05, 3.63) is 63.1 Å². The molecule has 3 aliphatic rings. The van der Waals surface area contributed by atoms with Gasteiger partial charge < -0.3 is 15.3 Å². The van der Waals surface area contributed by atoms with Crippen LogP contribution in [0.2, 0.25) is 0 Å². The zero-order chi connectivity index (χ0) is 23.7. The molecule has 0 spiro atoms. The van der Waals surface area contributed by atoms with Gasteiger partial charge in [0.05, 0.1) is 48.0 Å². The molecule has 1 aliphatic carbocycles. The molecule has 2 aliphatic heterocycles. The summed E-state index contributed by atoms with van der Waals surface area (Å²) >= 11 is 0. The van der Waals surface area contributed by atoms with E-state index in [-0.39, 0.29) is 42.5 Å². The Hall–Kier alpha value is -3.35. The summed E-state index contributed by atoms with van der Waals surface area (Å²) in [6.45, 7) is 3.70. The number of allylic oxidation sites excluding steroid dienone is 1. The third-order valence-electron chi connectivity index (χ3n) is 6.74. The summed E-state index contributed by atoms with van der Waals surface area (Å²) in [5.41, 5.74) is 4.07. The lowest BCUT2D eigenvalue weighted by molar-refractivity contribution is -0.124. The largest absolute Gasteiger partial charge is 0.620 e. The summed E-state index contributed by atoms with van der Waals surface area (Å²) in [5, 5.41) is 26.0. The van der Waals surface area contributed by atoms with E-state index in [1.807, 2.05) is 13.0 Å². The Morgan fingerprint density at radius 3 is 2.76 bits per heavy atom. The molecule has 0 radical (unpaired) electrons. The van der Waals surface area contributed by atoms with Gasteiger partial charge in [-0.15, -0.1) is 0 Å². The van der Waals surface area contributed by atoms with Crippen LogP contribution in [-0.2, 0) is 4.79 Å². The molecule has 2 atom stereocenters. The maximum atomic E-state index is 13.4. The molecule has 170 valence electrons. The van der Waals surface area contributed by atoms with Gasteiger partial charge in [0.15, 0.2) is 0 Å². The van der Waals surface area contributed by atoms with Crippen molar-refractivity contribution in [2.45, 2.75) is 38.5 Å². The number of aryl methyl sites for hydroxylation is 1. The van der Waals surface area contributed by atoms with Gasteiger partial charge in [-0.25, -0.2) is 18.6 Å². The Morgan fingerprint density at radius 2 is 2.09 bits per heavy atom. The molecule has 3 heterocycles. The molecule has 9 heteroatoms. The van der Waals surface area contributed by atoms with Crippen LogP contribution in [0, 0.1) is 29.4 Å². The van der Waals surface area contributed by atoms with Gasteiger partial charge in [0.2, 0.25) is 11.8 Å². The number of pyridine rings is 1. The first kappa shape index (κ1) is 21.5. The summed E-state index contributed by atoms with van der Waals surface area (Å²) in [6.07, 6.45) is 1.18. The number of halogens is 2. The maximum absolute atomic E-state index is 13.4. The average molecular weight is 452 g/mol. The summed E-state index contributed by atoms with van der Waals surface area (Å²) in [7, 11) is 1.26. The minimum atomic E-state index is -2.65. The van der Waals surface area contributed by atoms with Gasteiger partial charge in [0.1, 0.15) is 5.69 Å². The van der Waals surface area contributed by atoms with Crippen molar-refractivity contribution < 1.29 is 18.3 Å². The van der Waals surface area contributed by atoms with Gasteiger partial charge in [-0.2, -0.15) is 5.26 Å². The first-order valence-electron chi connectivity index (χ1n) is 10.7. The molecule has 33 heavy (non-hydrogen) atoms. The number of hydrogen-bond acceptors (Lipinski definition) is 6. The first-order valence-corrected chi connectivity index (χ1v) is 10.7. The highest BCUT2D eigenvalue weighted by Gasteiger charge is 2.49. The molecule has 1 aromatic carbocycles. The normalized spacial score (nSPS) is 25.2. The van der Waals surface area contributed by atoms with Crippen molar-refractivity contribution in [1.29, 1.82) is 5.26 Å². The maximum Gasteiger partial charge on any atom is 0.349 e. The number of amides is 1. The molecule has 1 N–H and O–H groups in total. The number of likely N-dealkylation sites (N-methyl/N-ethyl adjacent to an activating group) is 1. The second kappa shape index (κ2) is 7.07. The molecule has 1 amide bonds. The highest BCUT2D eigenvalue weighted by Crippen LogP contribution is 2.53.